The third kappa shape index (κ3) is 3.35. The zero-order valence-electron chi connectivity index (χ0n) is 13.0. The van der Waals surface area contributed by atoms with Crippen molar-refractivity contribution in [2.75, 3.05) is 13.1 Å². The van der Waals surface area contributed by atoms with Crippen molar-refractivity contribution in [1.29, 1.82) is 0 Å². The summed E-state index contributed by atoms with van der Waals surface area (Å²) < 4.78 is 6.03. The normalized spacial score (nSPS) is 12.1. The van der Waals surface area contributed by atoms with E-state index in [0.29, 0.717) is 19.5 Å². The molecule has 0 spiro atoms. The van der Waals surface area contributed by atoms with E-state index in [2.05, 4.69) is 12.1 Å². The van der Waals surface area contributed by atoms with Gasteiger partial charge in [-0.1, -0.05) is 43.3 Å². The van der Waals surface area contributed by atoms with Crippen LogP contribution in [0.4, 0.5) is 0 Å². The number of hydrogen-bond acceptors (Lipinski definition) is 2. The summed E-state index contributed by atoms with van der Waals surface area (Å²) in [7, 11) is 0. The van der Waals surface area contributed by atoms with Gasteiger partial charge in [0.2, 0.25) is 0 Å². The first-order valence-electron chi connectivity index (χ1n) is 7.64. The van der Waals surface area contributed by atoms with Crippen LogP contribution in [0.15, 0.2) is 42.5 Å². The molecule has 0 fully saturated rings. The lowest BCUT2D eigenvalue weighted by Gasteiger charge is -2.25. The topological polar surface area (TPSA) is 29.5 Å². The van der Waals surface area contributed by atoms with Gasteiger partial charge in [0, 0.05) is 18.5 Å². The van der Waals surface area contributed by atoms with Gasteiger partial charge in [-0.3, -0.25) is 4.79 Å². The smallest absolute Gasteiger partial charge is 0.263 e. The Morgan fingerprint density at radius 3 is 2.38 bits per heavy atom. The Bertz CT molecular complexity index is 600. The lowest BCUT2D eigenvalue weighted by Crippen LogP contribution is -2.41. The van der Waals surface area contributed by atoms with E-state index in [9.17, 15) is 4.79 Å². The molecular weight excluding hydrogens is 262 g/mol. The Morgan fingerprint density at radius 1 is 1.05 bits per heavy atom. The largest absolute Gasteiger partial charge is 0.480 e. The van der Waals surface area contributed by atoms with Gasteiger partial charge in [-0.2, -0.15) is 0 Å². The number of carbonyl (C=O) groups excluding carboxylic acids is 1. The van der Waals surface area contributed by atoms with Crippen LogP contribution in [-0.2, 0) is 4.79 Å². The summed E-state index contributed by atoms with van der Waals surface area (Å²) in [6, 6.07) is 14.0. The van der Waals surface area contributed by atoms with E-state index in [0.717, 1.165) is 16.5 Å². The fraction of sp³-hybridized carbons (Fsp3) is 0.389. The lowest BCUT2D eigenvalue weighted by atomic mass is 10.1. The van der Waals surface area contributed by atoms with Crippen LogP contribution in [0.3, 0.4) is 0 Å². The highest BCUT2D eigenvalue weighted by atomic mass is 16.5. The van der Waals surface area contributed by atoms with Crippen molar-refractivity contribution in [2.24, 2.45) is 0 Å². The third-order valence-corrected chi connectivity index (χ3v) is 3.74. The van der Waals surface area contributed by atoms with Crippen molar-refractivity contribution in [2.45, 2.75) is 33.3 Å². The number of amides is 1. The standard InChI is InChI=1S/C18H23NO2/c1-4-16(18(20)19(5-2)6-3)21-17-13-9-11-14-10-7-8-12-15(14)17/h7-13,16H,4-6H2,1-3H3. The van der Waals surface area contributed by atoms with Gasteiger partial charge >= 0.3 is 0 Å². The predicted octanol–water partition coefficient (Wildman–Crippen LogP) is 3.87. The monoisotopic (exact) mass is 285 g/mol. The van der Waals surface area contributed by atoms with Crippen LogP contribution in [0.25, 0.3) is 10.8 Å². The Kier molecular flexibility index (Phi) is 5.20. The van der Waals surface area contributed by atoms with Crippen LogP contribution in [0.1, 0.15) is 27.2 Å². The molecule has 0 heterocycles. The molecule has 0 aliphatic carbocycles. The molecule has 0 N–H and O–H groups in total. The predicted molar refractivity (Wildman–Crippen MR) is 86.6 cm³/mol. The molecule has 3 nitrogen and oxygen atoms in total. The van der Waals surface area contributed by atoms with E-state index in [4.69, 9.17) is 4.74 Å². The highest BCUT2D eigenvalue weighted by Crippen LogP contribution is 2.26. The maximum atomic E-state index is 12.5. The van der Waals surface area contributed by atoms with E-state index >= 15 is 0 Å². The van der Waals surface area contributed by atoms with E-state index in [1.807, 2.05) is 56.0 Å². The molecule has 0 aromatic heterocycles. The second-order valence-electron chi connectivity index (χ2n) is 5.00. The lowest BCUT2D eigenvalue weighted by molar-refractivity contribution is -0.138. The first kappa shape index (κ1) is 15.4. The van der Waals surface area contributed by atoms with Gasteiger partial charge in [0.25, 0.3) is 5.91 Å². The summed E-state index contributed by atoms with van der Waals surface area (Å²) in [5, 5.41) is 2.17. The molecule has 0 radical (unpaired) electrons. The SMILES string of the molecule is CCC(Oc1cccc2ccccc12)C(=O)N(CC)CC. The number of nitrogens with zero attached hydrogens (tertiary/aromatic N) is 1. The summed E-state index contributed by atoms with van der Waals surface area (Å²) in [5.74, 6) is 0.843. The number of carbonyl (C=O) groups is 1. The van der Waals surface area contributed by atoms with E-state index < -0.39 is 6.10 Å². The summed E-state index contributed by atoms with van der Waals surface area (Å²) in [6.07, 6.45) is 0.245. The molecule has 1 unspecified atom stereocenters. The van der Waals surface area contributed by atoms with Crippen LogP contribution in [-0.4, -0.2) is 30.0 Å². The summed E-state index contributed by atoms with van der Waals surface area (Å²) >= 11 is 0. The molecule has 2 rings (SSSR count). The third-order valence-electron chi connectivity index (χ3n) is 3.74. The summed E-state index contributed by atoms with van der Waals surface area (Å²) in [5.41, 5.74) is 0. The number of likely N-dealkylation sites (N-methyl/N-ethyl adjacent to an activating group) is 1. The molecule has 1 amide bonds. The molecule has 3 heteroatoms. The molecule has 112 valence electrons. The molecule has 2 aromatic rings. The van der Waals surface area contributed by atoms with Gasteiger partial charge in [0.05, 0.1) is 0 Å². The number of benzene rings is 2. The molecular formula is C18H23NO2. The average molecular weight is 285 g/mol. The molecule has 0 aliphatic rings. The fourth-order valence-electron chi connectivity index (χ4n) is 2.50. The second kappa shape index (κ2) is 7.11. The summed E-state index contributed by atoms with van der Waals surface area (Å²) in [4.78, 5) is 14.3. The second-order valence-corrected chi connectivity index (χ2v) is 5.00. The minimum atomic E-state index is -0.421. The van der Waals surface area contributed by atoms with Crippen LogP contribution < -0.4 is 4.74 Å². The zero-order chi connectivity index (χ0) is 15.2. The molecule has 0 saturated heterocycles. The van der Waals surface area contributed by atoms with E-state index in [1.165, 1.54) is 0 Å². The Labute approximate surface area is 126 Å². The van der Waals surface area contributed by atoms with Crippen molar-refractivity contribution >= 4 is 16.7 Å². The van der Waals surface area contributed by atoms with E-state index in [1.54, 1.807) is 0 Å². The van der Waals surface area contributed by atoms with Crippen molar-refractivity contribution in [3.05, 3.63) is 42.5 Å². The Hall–Kier alpha value is -2.03. The number of fused-ring (bicyclic) bond motifs is 1. The quantitative estimate of drug-likeness (QED) is 0.806. The number of rotatable bonds is 6. The van der Waals surface area contributed by atoms with Gasteiger partial charge in [0.15, 0.2) is 6.10 Å². The van der Waals surface area contributed by atoms with Gasteiger partial charge in [-0.15, -0.1) is 0 Å². The van der Waals surface area contributed by atoms with Gasteiger partial charge in [-0.25, -0.2) is 0 Å². The van der Waals surface area contributed by atoms with Crippen LogP contribution in [0, 0.1) is 0 Å². The molecule has 0 aliphatic heterocycles. The average Bonchev–Trinajstić information content (AvgIpc) is 2.53. The first-order valence-corrected chi connectivity index (χ1v) is 7.64. The van der Waals surface area contributed by atoms with Gasteiger partial charge < -0.3 is 9.64 Å². The van der Waals surface area contributed by atoms with Gasteiger partial charge in [0.1, 0.15) is 5.75 Å². The van der Waals surface area contributed by atoms with Crippen LogP contribution in [0.5, 0.6) is 5.75 Å². The maximum absolute atomic E-state index is 12.5. The fourth-order valence-corrected chi connectivity index (χ4v) is 2.50. The van der Waals surface area contributed by atoms with Crippen molar-refractivity contribution < 1.29 is 9.53 Å². The zero-order valence-corrected chi connectivity index (χ0v) is 13.0. The highest BCUT2D eigenvalue weighted by molar-refractivity contribution is 5.89. The highest BCUT2D eigenvalue weighted by Gasteiger charge is 2.23. The molecule has 0 saturated carbocycles. The molecule has 21 heavy (non-hydrogen) atoms. The first-order chi connectivity index (χ1) is 10.2. The van der Waals surface area contributed by atoms with Crippen LogP contribution in [0.2, 0.25) is 0 Å². The van der Waals surface area contributed by atoms with Gasteiger partial charge in [-0.05, 0) is 31.7 Å². The summed E-state index contributed by atoms with van der Waals surface area (Å²) in [6.45, 7) is 7.39. The maximum Gasteiger partial charge on any atom is 0.263 e. The van der Waals surface area contributed by atoms with Crippen molar-refractivity contribution in [3.8, 4) is 5.75 Å². The Balaban J connectivity index is 2.27. The minimum absolute atomic E-state index is 0.0652. The molecule has 2 aromatic carbocycles. The van der Waals surface area contributed by atoms with Crippen molar-refractivity contribution in [1.82, 2.24) is 4.90 Å². The molecule has 1 atom stereocenters. The van der Waals surface area contributed by atoms with Crippen molar-refractivity contribution in [3.63, 3.8) is 0 Å². The minimum Gasteiger partial charge on any atom is -0.480 e. The van der Waals surface area contributed by atoms with E-state index in [-0.39, 0.29) is 5.91 Å². The molecule has 0 bridgehead atoms. The van der Waals surface area contributed by atoms with Crippen LogP contribution >= 0.6 is 0 Å². The Morgan fingerprint density at radius 2 is 1.71 bits per heavy atom. The number of hydrogen-bond donors (Lipinski definition) is 0. The number of ether oxygens (including phenoxy) is 1.